The molecule has 7 heteroatoms. The van der Waals surface area contributed by atoms with Gasteiger partial charge in [0.15, 0.2) is 0 Å². The molecule has 0 spiro atoms. The minimum atomic E-state index is -0.220. The Balaban J connectivity index is 1.46. The third kappa shape index (κ3) is 2.86. The SMILES string of the molecule is O=C(c1cccc2[nH]ccc12)N1CCC[C@H]1c1nc(-c2cccc(Cl)c2)no1. The molecule has 1 fully saturated rings. The van der Waals surface area contributed by atoms with Crippen molar-refractivity contribution < 1.29 is 9.32 Å². The number of carbonyl (C=O) groups excluding carboxylic acids is 1. The quantitative estimate of drug-likeness (QED) is 0.540. The van der Waals surface area contributed by atoms with E-state index in [1.165, 1.54) is 0 Å². The van der Waals surface area contributed by atoms with Crippen molar-refractivity contribution in [1.82, 2.24) is 20.0 Å². The van der Waals surface area contributed by atoms with Crippen molar-refractivity contribution in [2.45, 2.75) is 18.9 Å². The molecule has 1 aliphatic rings. The van der Waals surface area contributed by atoms with Gasteiger partial charge in [0.05, 0.1) is 0 Å². The summed E-state index contributed by atoms with van der Waals surface area (Å²) < 4.78 is 5.53. The van der Waals surface area contributed by atoms with Crippen LogP contribution in [-0.2, 0) is 0 Å². The maximum absolute atomic E-state index is 13.3. The Bertz CT molecular complexity index is 1170. The molecule has 1 N–H and O–H groups in total. The Kier molecular flexibility index (Phi) is 4.13. The number of amides is 1. The van der Waals surface area contributed by atoms with Crippen LogP contribution in [0.2, 0.25) is 5.02 Å². The van der Waals surface area contributed by atoms with Crippen molar-refractivity contribution >= 4 is 28.4 Å². The summed E-state index contributed by atoms with van der Waals surface area (Å²) in [6, 6.07) is 14.7. The minimum Gasteiger partial charge on any atom is -0.361 e. The Morgan fingerprint density at radius 1 is 1.21 bits per heavy atom. The van der Waals surface area contributed by atoms with Gasteiger partial charge in [-0.1, -0.05) is 35.0 Å². The van der Waals surface area contributed by atoms with E-state index in [9.17, 15) is 4.79 Å². The second-order valence-corrected chi connectivity index (χ2v) is 7.30. The van der Waals surface area contributed by atoms with Gasteiger partial charge in [-0.15, -0.1) is 0 Å². The van der Waals surface area contributed by atoms with Crippen molar-refractivity contribution in [2.24, 2.45) is 0 Å². The van der Waals surface area contributed by atoms with Gasteiger partial charge in [0.2, 0.25) is 11.7 Å². The summed E-state index contributed by atoms with van der Waals surface area (Å²) in [7, 11) is 0. The van der Waals surface area contributed by atoms with Gasteiger partial charge < -0.3 is 14.4 Å². The zero-order chi connectivity index (χ0) is 19.1. The smallest absolute Gasteiger partial charge is 0.255 e. The molecule has 2 aromatic heterocycles. The van der Waals surface area contributed by atoms with E-state index in [2.05, 4.69) is 15.1 Å². The molecular formula is C21H17ClN4O2. The number of hydrogen-bond donors (Lipinski definition) is 1. The molecule has 1 aliphatic heterocycles. The van der Waals surface area contributed by atoms with E-state index in [1.807, 2.05) is 47.5 Å². The van der Waals surface area contributed by atoms with Gasteiger partial charge in [-0.05, 0) is 43.2 Å². The van der Waals surface area contributed by atoms with E-state index in [4.69, 9.17) is 16.1 Å². The Hall–Kier alpha value is -3.12. The second kappa shape index (κ2) is 6.80. The molecule has 0 aliphatic carbocycles. The van der Waals surface area contributed by atoms with Gasteiger partial charge >= 0.3 is 0 Å². The number of fused-ring (bicyclic) bond motifs is 1. The maximum atomic E-state index is 13.3. The van der Waals surface area contributed by atoms with Gasteiger partial charge in [0.25, 0.3) is 5.91 Å². The summed E-state index contributed by atoms with van der Waals surface area (Å²) in [6.07, 6.45) is 3.54. The fourth-order valence-corrected chi connectivity index (χ4v) is 4.00. The Labute approximate surface area is 166 Å². The number of likely N-dealkylation sites (tertiary alicyclic amines) is 1. The molecule has 1 amide bonds. The maximum Gasteiger partial charge on any atom is 0.255 e. The lowest BCUT2D eigenvalue weighted by Crippen LogP contribution is -2.30. The second-order valence-electron chi connectivity index (χ2n) is 6.87. The zero-order valence-corrected chi connectivity index (χ0v) is 15.7. The normalized spacial score (nSPS) is 16.8. The lowest BCUT2D eigenvalue weighted by atomic mass is 10.1. The molecule has 0 saturated carbocycles. The number of hydrogen-bond acceptors (Lipinski definition) is 4. The Morgan fingerprint density at radius 3 is 3.00 bits per heavy atom. The monoisotopic (exact) mass is 392 g/mol. The van der Waals surface area contributed by atoms with Crippen LogP contribution in [0.1, 0.15) is 35.1 Å². The molecule has 6 nitrogen and oxygen atoms in total. The lowest BCUT2D eigenvalue weighted by Gasteiger charge is -2.22. The topological polar surface area (TPSA) is 75.0 Å². The largest absolute Gasteiger partial charge is 0.361 e. The van der Waals surface area contributed by atoms with E-state index in [0.29, 0.717) is 28.8 Å². The molecule has 0 bridgehead atoms. The van der Waals surface area contributed by atoms with Crippen LogP contribution in [0.4, 0.5) is 0 Å². The van der Waals surface area contributed by atoms with Crippen LogP contribution >= 0.6 is 11.6 Å². The van der Waals surface area contributed by atoms with Crippen LogP contribution in [0, 0.1) is 0 Å². The number of benzene rings is 2. The van der Waals surface area contributed by atoms with Crippen molar-refractivity contribution in [1.29, 1.82) is 0 Å². The van der Waals surface area contributed by atoms with Crippen LogP contribution in [0.25, 0.3) is 22.3 Å². The van der Waals surface area contributed by atoms with Crippen molar-refractivity contribution in [3.8, 4) is 11.4 Å². The van der Waals surface area contributed by atoms with Crippen LogP contribution < -0.4 is 0 Å². The number of rotatable bonds is 3. The fourth-order valence-electron chi connectivity index (χ4n) is 3.81. The minimum absolute atomic E-state index is 0.0183. The highest BCUT2D eigenvalue weighted by Gasteiger charge is 2.35. The molecule has 140 valence electrons. The van der Waals surface area contributed by atoms with Gasteiger partial charge in [-0.25, -0.2) is 0 Å². The summed E-state index contributed by atoms with van der Waals surface area (Å²) in [5, 5.41) is 5.62. The zero-order valence-electron chi connectivity index (χ0n) is 14.9. The van der Waals surface area contributed by atoms with Crippen LogP contribution in [0.3, 0.4) is 0 Å². The first kappa shape index (κ1) is 17.0. The highest BCUT2D eigenvalue weighted by molar-refractivity contribution is 6.30. The fraction of sp³-hybridized carbons (Fsp3) is 0.190. The standard InChI is InChI=1S/C21H17ClN4O2/c22-14-5-1-4-13(12-14)19-24-20(28-25-19)18-8-3-11-26(18)21(27)16-6-2-7-17-15(16)9-10-23-17/h1-2,4-7,9-10,12,18,23H,3,8,11H2/t18-/m0/s1. The molecule has 0 unspecified atom stereocenters. The molecule has 28 heavy (non-hydrogen) atoms. The van der Waals surface area contributed by atoms with Crippen LogP contribution in [-0.4, -0.2) is 32.5 Å². The predicted octanol–water partition coefficient (Wildman–Crippen LogP) is 4.85. The first-order valence-electron chi connectivity index (χ1n) is 9.17. The van der Waals surface area contributed by atoms with Gasteiger partial charge in [0, 0.05) is 39.8 Å². The molecule has 3 heterocycles. The van der Waals surface area contributed by atoms with Gasteiger partial charge in [0.1, 0.15) is 6.04 Å². The summed E-state index contributed by atoms with van der Waals surface area (Å²) >= 11 is 6.06. The number of aromatic nitrogens is 3. The molecule has 1 saturated heterocycles. The van der Waals surface area contributed by atoms with E-state index in [-0.39, 0.29) is 11.9 Å². The summed E-state index contributed by atoms with van der Waals surface area (Å²) in [5.41, 5.74) is 2.42. The van der Waals surface area contributed by atoms with Crippen molar-refractivity contribution in [3.63, 3.8) is 0 Å². The molecule has 4 aromatic rings. The molecule has 2 aromatic carbocycles. The average Bonchev–Trinajstić information content (AvgIpc) is 3.46. The van der Waals surface area contributed by atoms with E-state index in [0.717, 1.165) is 29.3 Å². The third-order valence-electron chi connectivity index (χ3n) is 5.15. The third-order valence-corrected chi connectivity index (χ3v) is 5.38. The molecular weight excluding hydrogens is 376 g/mol. The predicted molar refractivity (Wildman–Crippen MR) is 106 cm³/mol. The number of carbonyl (C=O) groups is 1. The number of nitrogens with zero attached hydrogens (tertiary/aromatic N) is 3. The van der Waals surface area contributed by atoms with Crippen molar-refractivity contribution in [3.05, 3.63) is 71.2 Å². The highest BCUT2D eigenvalue weighted by atomic mass is 35.5. The first-order chi connectivity index (χ1) is 13.7. The summed E-state index contributed by atoms with van der Waals surface area (Å²) in [6.45, 7) is 0.666. The van der Waals surface area contributed by atoms with Gasteiger partial charge in [-0.2, -0.15) is 4.98 Å². The van der Waals surface area contributed by atoms with Crippen molar-refractivity contribution in [2.75, 3.05) is 6.54 Å². The van der Waals surface area contributed by atoms with Crippen LogP contribution in [0.15, 0.2) is 59.3 Å². The highest BCUT2D eigenvalue weighted by Crippen LogP contribution is 2.34. The first-order valence-corrected chi connectivity index (χ1v) is 9.55. The Morgan fingerprint density at radius 2 is 2.11 bits per heavy atom. The van der Waals surface area contributed by atoms with E-state index in [1.54, 1.807) is 12.1 Å². The van der Waals surface area contributed by atoms with Crippen LogP contribution in [0.5, 0.6) is 0 Å². The number of aromatic amines is 1. The summed E-state index contributed by atoms with van der Waals surface area (Å²) in [5.74, 6) is 0.918. The van der Waals surface area contributed by atoms with Gasteiger partial charge in [-0.3, -0.25) is 4.79 Å². The summed E-state index contributed by atoms with van der Waals surface area (Å²) in [4.78, 5) is 22.8. The average molecular weight is 393 g/mol. The van der Waals surface area contributed by atoms with E-state index >= 15 is 0 Å². The molecule has 1 atom stereocenters. The molecule has 5 rings (SSSR count). The lowest BCUT2D eigenvalue weighted by molar-refractivity contribution is 0.0712. The number of nitrogens with one attached hydrogen (secondary N) is 1. The number of H-pyrrole nitrogens is 1. The molecule has 0 radical (unpaired) electrons. The number of halogens is 1. The van der Waals surface area contributed by atoms with E-state index < -0.39 is 0 Å².